The Balaban J connectivity index is 2.11. The summed E-state index contributed by atoms with van der Waals surface area (Å²) in [4.78, 5) is 4.04. The van der Waals surface area contributed by atoms with Gasteiger partial charge in [-0.15, -0.1) is 0 Å². The second kappa shape index (κ2) is 4.65. The van der Waals surface area contributed by atoms with Crippen LogP contribution in [-0.2, 0) is 6.54 Å². The van der Waals surface area contributed by atoms with E-state index in [1.807, 2.05) is 10.9 Å². The lowest BCUT2D eigenvalue weighted by atomic mass is 10.4. The number of ether oxygens (including phenoxy) is 1. The third kappa shape index (κ3) is 2.31. The van der Waals surface area contributed by atoms with Gasteiger partial charge in [0.15, 0.2) is 5.75 Å². The lowest BCUT2D eigenvalue weighted by Gasteiger charge is -2.03. The molecule has 5 heteroatoms. The van der Waals surface area contributed by atoms with Gasteiger partial charge in [0.1, 0.15) is 0 Å². The normalized spacial score (nSPS) is 10.3. The topological polar surface area (TPSA) is 66.0 Å². The van der Waals surface area contributed by atoms with Crippen molar-refractivity contribution in [1.82, 2.24) is 14.8 Å². The second-order valence-electron chi connectivity index (χ2n) is 3.44. The first kappa shape index (κ1) is 10.5. The molecule has 0 saturated heterocycles. The monoisotopic (exact) mass is 218 g/mol. The Bertz CT molecular complexity index is 467. The molecule has 0 aliphatic rings. The lowest BCUT2D eigenvalue weighted by molar-refractivity contribution is 0.464. The van der Waals surface area contributed by atoms with E-state index in [0.29, 0.717) is 17.3 Å². The summed E-state index contributed by atoms with van der Waals surface area (Å²) in [5.74, 6) is 1.07. The molecule has 2 heterocycles. The number of anilines is 1. The summed E-state index contributed by atoms with van der Waals surface area (Å²) >= 11 is 0. The molecule has 0 radical (unpaired) electrons. The van der Waals surface area contributed by atoms with Gasteiger partial charge in [0.05, 0.1) is 18.1 Å². The van der Waals surface area contributed by atoms with Crippen LogP contribution in [0.25, 0.3) is 0 Å². The fourth-order valence-electron chi connectivity index (χ4n) is 1.35. The van der Waals surface area contributed by atoms with Crippen LogP contribution in [0, 0.1) is 0 Å². The summed E-state index contributed by atoms with van der Waals surface area (Å²) in [5, 5.41) is 4.15. The molecule has 0 bridgehead atoms. The molecule has 0 saturated carbocycles. The highest BCUT2D eigenvalue weighted by Gasteiger charge is 2.04. The molecule has 0 aliphatic carbocycles. The predicted molar refractivity (Wildman–Crippen MR) is 61.2 cm³/mol. The van der Waals surface area contributed by atoms with Crippen molar-refractivity contribution < 1.29 is 4.74 Å². The molecule has 2 aromatic heterocycles. The van der Waals surface area contributed by atoms with Crippen LogP contribution in [0.2, 0.25) is 0 Å². The third-order valence-corrected chi connectivity index (χ3v) is 2.08. The number of aromatic nitrogens is 3. The SMILES string of the molecule is CCCn1cc(Oc2ncccc2N)cn1. The Hall–Kier alpha value is -2.04. The smallest absolute Gasteiger partial charge is 0.242 e. The molecule has 0 spiro atoms. The average Bonchev–Trinajstić information content (AvgIpc) is 2.70. The number of nitrogen functional groups attached to an aromatic ring is 1. The van der Waals surface area contributed by atoms with Crippen LogP contribution in [0.15, 0.2) is 30.7 Å². The molecule has 16 heavy (non-hydrogen) atoms. The summed E-state index contributed by atoms with van der Waals surface area (Å²) in [6, 6.07) is 3.52. The highest BCUT2D eigenvalue weighted by Crippen LogP contribution is 2.23. The van der Waals surface area contributed by atoms with Gasteiger partial charge in [0.2, 0.25) is 5.88 Å². The van der Waals surface area contributed by atoms with Crippen molar-refractivity contribution in [2.24, 2.45) is 0 Å². The highest BCUT2D eigenvalue weighted by atomic mass is 16.5. The van der Waals surface area contributed by atoms with E-state index in [0.717, 1.165) is 13.0 Å². The van der Waals surface area contributed by atoms with Gasteiger partial charge in [-0.25, -0.2) is 4.98 Å². The zero-order valence-electron chi connectivity index (χ0n) is 9.13. The van der Waals surface area contributed by atoms with Crippen LogP contribution in [0.5, 0.6) is 11.6 Å². The molecule has 2 N–H and O–H groups in total. The number of pyridine rings is 1. The van der Waals surface area contributed by atoms with Crippen molar-refractivity contribution in [3.05, 3.63) is 30.7 Å². The van der Waals surface area contributed by atoms with E-state index in [4.69, 9.17) is 10.5 Å². The van der Waals surface area contributed by atoms with Gasteiger partial charge in [-0.2, -0.15) is 5.10 Å². The molecular formula is C11H14N4O. The molecule has 2 aromatic rings. The fourth-order valence-corrected chi connectivity index (χ4v) is 1.35. The van der Waals surface area contributed by atoms with E-state index in [1.165, 1.54) is 0 Å². The van der Waals surface area contributed by atoms with Crippen LogP contribution in [0.1, 0.15) is 13.3 Å². The van der Waals surface area contributed by atoms with Gasteiger partial charge in [-0.3, -0.25) is 4.68 Å². The highest BCUT2D eigenvalue weighted by molar-refractivity contribution is 5.48. The van der Waals surface area contributed by atoms with Gasteiger partial charge in [-0.05, 0) is 18.6 Å². The Labute approximate surface area is 93.9 Å². The molecule has 2 rings (SSSR count). The summed E-state index contributed by atoms with van der Waals surface area (Å²) < 4.78 is 7.34. The maximum Gasteiger partial charge on any atom is 0.242 e. The van der Waals surface area contributed by atoms with E-state index >= 15 is 0 Å². The van der Waals surface area contributed by atoms with Crippen molar-refractivity contribution in [1.29, 1.82) is 0 Å². The predicted octanol–water partition coefficient (Wildman–Crippen LogP) is 2.06. The van der Waals surface area contributed by atoms with E-state index in [1.54, 1.807) is 24.5 Å². The van der Waals surface area contributed by atoms with Gasteiger partial charge in [0.25, 0.3) is 0 Å². The zero-order chi connectivity index (χ0) is 11.4. The van der Waals surface area contributed by atoms with E-state index in [-0.39, 0.29) is 0 Å². The van der Waals surface area contributed by atoms with Crippen molar-refractivity contribution >= 4 is 5.69 Å². The van der Waals surface area contributed by atoms with Gasteiger partial charge in [0, 0.05) is 12.7 Å². The van der Waals surface area contributed by atoms with Crippen LogP contribution >= 0.6 is 0 Å². The molecule has 0 aliphatic heterocycles. The van der Waals surface area contributed by atoms with E-state index in [9.17, 15) is 0 Å². The first-order valence-electron chi connectivity index (χ1n) is 5.20. The maximum atomic E-state index is 5.72. The average molecular weight is 218 g/mol. The minimum absolute atomic E-state index is 0.415. The Morgan fingerprint density at radius 3 is 3.12 bits per heavy atom. The quantitative estimate of drug-likeness (QED) is 0.853. The largest absolute Gasteiger partial charge is 0.434 e. The number of aryl methyl sites for hydroxylation is 1. The standard InChI is InChI=1S/C11H14N4O/c1-2-6-15-8-9(7-14-15)16-11-10(12)4-3-5-13-11/h3-5,7-8H,2,6,12H2,1H3. The molecule has 0 atom stereocenters. The lowest BCUT2D eigenvalue weighted by Crippen LogP contribution is -1.96. The van der Waals surface area contributed by atoms with Crippen LogP contribution < -0.4 is 10.5 Å². The Kier molecular flexibility index (Phi) is 3.05. The van der Waals surface area contributed by atoms with Crippen molar-refractivity contribution in [2.45, 2.75) is 19.9 Å². The molecule has 0 unspecified atom stereocenters. The van der Waals surface area contributed by atoms with Gasteiger partial charge < -0.3 is 10.5 Å². The molecular weight excluding hydrogens is 204 g/mol. The molecule has 84 valence electrons. The second-order valence-corrected chi connectivity index (χ2v) is 3.44. The number of nitrogens with two attached hydrogens (primary N) is 1. The summed E-state index contributed by atoms with van der Waals surface area (Å²) in [5.41, 5.74) is 6.24. The summed E-state index contributed by atoms with van der Waals surface area (Å²) in [6.45, 7) is 2.97. The van der Waals surface area contributed by atoms with Crippen molar-refractivity contribution in [2.75, 3.05) is 5.73 Å². The van der Waals surface area contributed by atoms with E-state index < -0.39 is 0 Å². The third-order valence-electron chi connectivity index (χ3n) is 2.08. The van der Waals surface area contributed by atoms with Gasteiger partial charge >= 0.3 is 0 Å². The molecule has 5 nitrogen and oxygen atoms in total. The van der Waals surface area contributed by atoms with Gasteiger partial charge in [-0.1, -0.05) is 6.92 Å². The number of nitrogens with zero attached hydrogens (tertiary/aromatic N) is 3. The van der Waals surface area contributed by atoms with Crippen LogP contribution in [0.3, 0.4) is 0 Å². The van der Waals surface area contributed by atoms with E-state index in [2.05, 4.69) is 17.0 Å². The molecule has 0 amide bonds. The van der Waals surface area contributed by atoms with Crippen molar-refractivity contribution in [3.63, 3.8) is 0 Å². The first-order chi connectivity index (χ1) is 7.79. The van der Waals surface area contributed by atoms with Crippen LogP contribution in [0.4, 0.5) is 5.69 Å². The molecule has 0 fully saturated rings. The number of hydrogen-bond acceptors (Lipinski definition) is 4. The minimum atomic E-state index is 0.415. The summed E-state index contributed by atoms with van der Waals surface area (Å²) in [6.07, 6.45) is 6.16. The number of rotatable bonds is 4. The summed E-state index contributed by atoms with van der Waals surface area (Å²) in [7, 11) is 0. The van der Waals surface area contributed by atoms with Crippen molar-refractivity contribution in [3.8, 4) is 11.6 Å². The minimum Gasteiger partial charge on any atom is -0.434 e. The molecule has 0 aromatic carbocycles. The zero-order valence-corrected chi connectivity index (χ0v) is 9.13. The Morgan fingerprint density at radius 2 is 2.38 bits per heavy atom. The fraction of sp³-hybridized carbons (Fsp3) is 0.273. The number of hydrogen-bond donors (Lipinski definition) is 1. The Morgan fingerprint density at radius 1 is 1.50 bits per heavy atom. The van der Waals surface area contributed by atoms with Crippen LogP contribution in [-0.4, -0.2) is 14.8 Å². The first-order valence-corrected chi connectivity index (χ1v) is 5.20. The maximum absolute atomic E-state index is 5.72.